The maximum atomic E-state index is 5.87. The summed E-state index contributed by atoms with van der Waals surface area (Å²) in [4.78, 5) is 0. The number of nitrogens with zero attached hydrogens (tertiary/aromatic N) is 2. The van der Waals surface area contributed by atoms with Gasteiger partial charge in [-0.1, -0.05) is 19.9 Å². The van der Waals surface area contributed by atoms with E-state index in [1.807, 2.05) is 12.1 Å². The summed E-state index contributed by atoms with van der Waals surface area (Å²) in [5, 5.41) is 7.65. The largest absolute Gasteiger partial charge is 0.496 e. The molecule has 0 spiro atoms. The Balaban J connectivity index is 2.61. The van der Waals surface area contributed by atoms with Gasteiger partial charge in [0, 0.05) is 11.1 Å². The second-order valence-electron chi connectivity index (χ2n) is 4.44. The van der Waals surface area contributed by atoms with Gasteiger partial charge in [0.1, 0.15) is 5.75 Å². The lowest BCUT2D eigenvalue weighted by atomic mass is 9.97. The third kappa shape index (κ3) is 2.27. The van der Waals surface area contributed by atoms with Crippen LogP contribution < -0.4 is 10.5 Å². The van der Waals surface area contributed by atoms with E-state index < -0.39 is 0 Å². The van der Waals surface area contributed by atoms with Crippen molar-refractivity contribution in [2.24, 2.45) is 0 Å². The van der Waals surface area contributed by atoms with Crippen molar-refractivity contribution in [3.05, 3.63) is 36.0 Å². The van der Waals surface area contributed by atoms with Gasteiger partial charge in [0.25, 0.3) is 0 Å². The second-order valence-corrected chi connectivity index (χ2v) is 4.44. The van der Waals surface area contributed by atoms with E-state index in [4.69, 9.17) is 10.5 Å². The lowest BCUT2D eigenvalue weighted by molar-refractivity contribution is 0.416. The SMILES string of the molecule is COc1ccc(C(C)C)cc1-c1ccnnc1N. The molecule has 0 aliphatic rings. The molecular weight excluding hydrogens is 226 g/mol. The average molecular weight is 243 g/mol. The predicted molar refractivity (Wildman–Crippen MR) is 72.5 cm³/mol. The van der Waals surface area contributed by atoms with E-state index in [1.165, 1.54) is 5.56 Å². The molecule has 0 unspecified atom stereocenters. The summed E-state index contributed by atoms with van der Waals surface area (Å²) < 4.78 is 5.39. The van der Waals surface area contributed by atoms with Crippen molar-refractivity contribution in [1.29, 1.82) is 0 Å². The summed E-state index contributed by atoms with van der Waals surface area (Å²) in [7, 11) is 1.65. The summed E-state index contributed by atoms with van der Waals surface area (Å²) >= 11 is 0. The van der Waals surface area contributed by atoms with E-state index in [0.29, 0.717) is 11.7 Å². The molecule has 18 heavy (non-hydrogen) atoms. The zero-order valence-electron chi connectivity index (χ0n) is 10.8. The first-order valence-corrected chi connectivity index (χ1v) is 5.89. The fraction of sp³-hybridized carbons (Fsp3) is 0.286. The van der Waals surface area contributed by atoms with Crippen LogP contribution in [0.2, 0.25) is 0 Å². The van der Waals surface area contributed by atoms with Crippen LogP contribution in [0.4, 0.5) is 5.82 Å². The van der Waals surface area contributed by atoms with Crippen molar-refractivity contribution in [1.82, 2.24) is 10.2 Å². The number of methoxy groups -OCH3 is 1. The van der Waals surface area contributed by atoms with Gasteiger partial charge >= 0.3 is 0 Å². The molecule has 0 radical (unpaired) electrons. The van der Waals surface area contributed by atoms with Crippen molar-refractivity contribution >= 4 is 5.82 Å². The van der Waals surface area contributed by atoms with E-state index in [9.17, 15) is 0 Å². The molecule has 0 atom stereocenters. The van der Waals surface area contributed by atoms with E-state index in [-0.39, 0.29) is 0 Å². The van der Waals surface area contributed by atoms with Crippen molar-refractivity contribution in [3.8, 4) is 16.9 Å². The molecule has 0 saturated carbocycles. The Morgan fingerprint density at radius 2 is 1.94 bits per heavy atom. The highest BCUT2D eigenvalue weighted by atomic mass is 16.5. The molecule has 0 aliphatic heterocycles. The Hall–Kier alpha value is -2.10. The number of aromatic nitrogens is 2. The standard InChI is InChI=1S/C14H17N3O/c1-9(2)10-4-5-13(18-3)12(8-10)11-6-7-16-17-14(11)15/h4-9H,1-3H3,(H2,15,17). The van der Waals surface area contributed by atoms with E-state index in [1.54, 1.807) is 13.3 Å². The van der Waals surface area contributed by atoms with Crippen LogP contribution in [0.15, 0.2) is 30.5 Å². The minimum Gasteiger partial charge on any atom is -0.496 e. The number of hydrogen-bond acceptors (Lipinski definition) is 4. The maximum absolute atomic E-state index is 5.87. The van der Waals surface area contributed by atoms with Crippen LogP contribution in [-0.2, 0) is 0 Å². The van der Waals surface area contributed by atoms with Crippen LogP contribution in [0.3, 0.4) is 0 Å². The fourth-order valence-corrected chi connectivity index (χ4v) is 1.87. The summed E-state index contributed by atoms with van der Waals surface area (Å²) in [5.74, 6) is 1.65. The number of hydrogen-bond donors (Lipinski definition) is 1. The Labute approximate surface area is 107 Å². The number of nitrogen functional groups attached to an aromatic ring is 1. The normalized spacial score (nSPS) is 10.7. The van der Waals surface area contributed by atoms with Gasteiger partial charge in [-0.05, 0) is 29.7 Å². The Morgan fingerprint density at radius 3 is 2.56 bits per heavy atom. The van der Waals surface area contributed by atoms with Crippen LogP contribution in [0, 0.1) is 0 Å². The van der Waals surface area contributed by atoms with Gasteiger partial charge in [-0.2, -0.15) is 5.10 Å². The van der Waals surface area contributed by atoms with Gasteiger partial charge in [0.05, 0.1) is 13.3 Å². The molecule has 1 heterocycles. The van der Waals surface area contributed by atoms with Crippen LogP contribution in [0.25, 0.3) is 11.1 Å². The molecule has 1 aromatic heterocycles. The first kappa shape index (κ1) is 12.4. The third-order valence-corrected chi connectivity index (χ3v) is 2.93. The van der Waals surface area contributed by atoms with E-state index in [2.05, 4.69) is 36.2 Å². The molecule has 0 saturated heterocycles. The smallest absolute Gasteiger partial charge is 0.154 e. The molecule has 2 N–H and O–H groups in total. The van der Waals surface area contributed by atoms with Gasteiger partial charge in [0.2, 0.25) is 0 Å². The first-order chi connectivity index (χ1) is 8.63. The molecule has 1 aromatic carbocycles. The van der Waals surface area contributed by atoms with E-state index >= 15 is 0 Å². The van der Waals surface area contributed by atoms with Gasteiger partial charge in [-0.15, -0.1) is 5.10 Å². The van der Waals surface area contributed by atoms with Crippen molar-refractivity contribution in [2.75, 3.05) is 12.8 Å². The molecule has 94 valence electrons. The van der Waals surface area contributed by atoms with Crippen LogP contribution >= 0.6 is 0 Å². The number of anilines is 1. The molecular formula is C14H17N3O. The van der Waals surface area contributed by atoms with Gasteiger partial charge in [-0.3, -0.25) is 0 Å². The summed E-state index contributed by atoms with van der Waals surface area (Å²) in [6.07, 6.45) is 1.63. The molecule has 0 fully saturated rings. The fourth-order valence-electron chi connectivity index (χ4n) is 1.87. The third-order valence-electron chi connectivity index (χ3n) is 2.93. The summed E-state index contributed by atoms with van der Waals surface area (Å²) in [6.45, 7) is 4.31. The lowest BCUT2D eigenvalue weighted by Gasteiger charge is -2.13. The molecule has 0 aliphatic carbocycles. The second kappa shape index (κ2) is 5.04. The topological polar surface area (TPSA) is 61.0 Å². The Kier molecular flexibility index (Phi) is 3.46. The summed E-state index contributed by atoms with van der Waals surface area (Å²) in [5.41, 5.74) is 8.92. The van der Waals surface area contributed by atoms with Crippen LogP contribution in [0.5, 0.6) is 5.75 Å². The minimum atomic E-state index is 0.414. The Morgan fingerprint density at radius 1 is 1.17 bits per heavy atom. The molecule has 4 nitrogen and oxygen atoms in total. The zero-order chi connectivity index (χ0) is 13.1. The van der Waals surface area contributed by atoms with Gasteiger partial charge < -0.3 is 10.5 Å². The quantitative estimate of drug-likeness (QED) is 0.900. The molecule has 4 heteroatoms. The molecule has 2 rings (SSSR count). The van der Waals surface area contributed by atoms with Crippen LogP contribution in [0.1, 0.15) is 25.3 Å². The monoisotopic (exact) mass is 243 g/mol. The minimum absolute atomic E-state index is 0.414. The van der Waals surface area contributed by atoms with Crippen LogP contribution in [-0.4, -0.2) is 17.3 Å². The summed E-state index contributed by atoms with van der Waals surface area (Å²) in [6, 6.07) is 7.98. The van der Waals surface area contributed by atoms with Gasteiger partial charge in [0.15, 0.2) is 5.82 Å². The molecule has 0 bridgehead atoms. The van der Waals surface area contributed by atoms with Crippen molar-refractivity contribution < 1.29 is 4.74 Å². The Bertz CT molecular complexity index is 552. The van der Waals surface area contributed by atoms with E-state index in [0.717, 1.165) is 16.9 Å². The number of nitrogens with two attached hydrogens (primary N) is 1. The van der Waals surface area contributed by atoms with Crippen molar-refractivity contribution in [3.63, 3.8) is 0 Å². The maximum Gasteiger partial charge on any atom is 0.154 e. The highest BCUT2D eigenvalue weighted by molar-refractivity contribution is 5.78. The first-order valence-electron chi connectivity index (χ1n) is 5.89. The lowest BCUT2D eigenvalue weighted by Crippen LogP contribution is -1.98. The highest BCUT2D eigenvalue weighted by Gasteiger charge is 2.12. The van der Waals surface area contributed by atoms with Crippen molar-refractivity contribution in [2.45, 2.75) is 19.8 Å². The number of ether oxygens (including phenoxy) is 1. The predicted octanol–water partition coefficient (Wildman–Crippen LogP) is 2.86. The van der Waals surface area contributed by atoms with Gasteiger partial charge in [-0.25, -0.2) is 0 Å². The average Bonchev–Trinajstić information content (AvgIpc) is 2.38. The highest BCUT2D eigenvalue weighted by Crippen LogP contribution is 2.34. The molecule has 2 aromatic rings. The zero-order valence-corrected chi connectivity index (χ0v) is 10.8. The number of rotatable bonds is 3. The number of benzene rings is 1. The molecule has 0 amide bonds.